The van der Waals surface area contributed by atoms with Gasteiger partial charge < -0.3 is 9.47 Å². The molecule has 0 unspecified atom stereocenters. The lowest BCUT2D eigenvalue weighted by molar-refractivity contribution is 0.103. The molecule has 97 valence electrons. The maximum atomic E-state index is 12.1. The molecule has 2 rings (SSSR count). The Balaban J connectivity index is 2.21. The van der Waals surface area contributed by atoms with Gasteiger partial charge in [0.15, 0.2) is 5.78 Å². The summed E-state index contributed by atoms with van der Waals surface area (Å²) < 4.78 is 10.3. The predicted octanol–water partition coefficient (Wildman–Crippen LogP) is 3.14. The minimum atomic E-state index is -0.0455. The van der Waals surface area contributed by atoms with Gasteiger partial charge in [0.1, 0.15) is 11.5 Å². The van der Waals surface area contributed by atoms with E-state index in [1.165, 1.54) is 0 Å². The van der Waals surface area contributed by atoms with Gasteiger partial charge in [0.25, 0.3) is 0 Å². The monoisotopic (exact) mass is 255 g/mol. The van der Waals surface area contributed by atoms with E-state index in [0.29, 0.717) is 17.1 Å². The van der Waals surface area contributed by atoms with E-state index >= 15 is 0 Å². The zero-order valence-corrected chi connectivity index (χ0v) is 10.9. The van der Waals surface area contributed by atoms with E-state index < -0.39 is 0 Å². The van der Waals surface area contributed by atoms with Crippen molar-refractivity contribution in [1.29, 1.82) is 0 Å². The van der Waals surface area contributed by atoms with Crippen LogP contribution < -0.4 is 9.47 Å². The highest BCUT2D eigenvalue weighted by Crippen LogP contribution is 2.24. The van der Waals surface area contributed by atoms with E-state index in [0.717, 1.165) is 5.56 Å². The summed E-state index contributed by atoms with van der Waals surface area (Å²) in [6, 6.07) is 14.5. The van der Waals surface area contributed by atoms with Gasteiger partial charge in [0.05, 0.1) is 20.6 Å². The highest BCUT2D eigenvalue weighted by atomic mass is 16.5. The van der Waals surface area contributed by atoms with Gasteiger partial charge in [-0.15, -0.1) is 0 Å². The lowest BCUT2D eigenvalue weighted by atomic mass is 10.0. The smallest absolute Gasteiger partial charge is 0.171 e. The SMILES string of the molecule is COc1cc([CH]C(=O)c2ccccc2)cc(OC)c1. The van der Waals surface area contributed by atoms with Crippen LogP contribution in [0.25, 0.3) is 0 Å². The van der Waals surface area contributed by atoms with E-state index in [1.54, 1.807) is 51.0 Å². The summed E-state index contributed by atoms with van der Waals surface area (Å²) in [6.07, 6.45) is 1.57. The zero-order valence-electron chi connectivity index (χ0n) is 10.9. The number of benzene rings is 2. The summed E-state index contributed by atoms with van der Waals surface area (Å²) in [5.41, 5.74) is 1.41. The molecule has 0 aliphatic rings. The first-order valence-electron chi connectivity index (χ1n) is 5.90. The van der Waals surface area contributed by atoms with Crippen molar-refractivity contribution in [3.05, 3.63) is 66.1 Å². The first-order chi connectivity index (χ1) is 9.22. The van der Waals surface area contributed by atoms with Crippen molar-refractivity contribution in [3.63, 3.8) is 0 Å². The van der Waals surface area contributed by atoms with E-state index in [-0.39, 0.29) is 5.78 Å². The molecule has 0 spiro atoms. The van der Waals surface area contributed by atoms with Crippen LogP contribution in [0.4, 0.5) is 0 Å². The largest absolute Gasteiger partial charge is 0.497 e. The Morgan fingerprint density at radius 3 is 2.05 bits per heavy atom. The second kappa shape index (κ2) is 6.05. The number of ketones is 1. The topological polar surface area (TPSA) is 35.5 Å². The molecule has 19 heavy (non-hydrogen) atoms. The van der Waals surface area contributed by atoms with Crippen LogP contribution >= 0.6 is 0 Å². The molecule has 0 atom stereocenters. The molecular weight excluding hydrogens is 240 g/mol. The van der Waals surface area contributed by atoms with Crippen molar-refractivity contribution in [1.82, 2.24) is 0 Å². The molecule has 0 saturated heterocycles. The molecule has 0 fully saturated rings. The number of carbonyl (C=O) groups excluding carboxylic acids is 1. The number of rotatable bonds is 5. The zero-order chi connectivity index (χ0) is 13.7. The van der Waals surface area contributed by atoms with Gasteiger partial charge >= 0.3 is 0 Å². The standard InChI is InChI=1S/C16H15O3/c1-18-14-8-12(9-15(11-14)19-2)10-16(17)13-6-4-3-5-7-13/h3-11H,1-2H3. The summed E-state index contributed by atoms with van der Waals surface area (Å²) in [4.78, 5) is 12.1. The maximum Gasteiger partial charge on any atom is 0.171 e. The number of hydrogen-bond acceptors (Lipinski definition) is 3. The van der Waals surface area contributed by atoms with Crippen molar-refractivity contribution >= 4 is 5.78 Å². The average molecular weight is 255 g/mol. The third kappa shape index (κ3) is 3.35. The van der Waals surface area contributed by atoms with Gasteiger partial charge in [-0.05, 0) is 17.7 Å². The molecule has 0 aromatic heterocycles. The molecular formula is C16H15O3. The molecule has 2 aromatic rings. The van der Waals surface area contributed by atoms with E-state index in [1.807, 2.05) is 18.2 Å². The molecule has 0 saturated carbocycles. The summed E-state index contributed by atoms with van der Waals surface area (Å²) >= 11 is 0. The van der Waals surface area contributed by atoms with Crippen LogP contribution in [-0.4, -0.2) is 20.0 Å². The lowest BCUT2D eigenvalue weighted by Gasteiger charge is -2.07. The number of ether oxygens (including phenoxy) is 2. The van der Waals surface area contributed by atoms with Crippen LogP contribution in [0, 0.1) is 6.42 Å². The Hall–Kier alpha value is -2.29. The van der Waals surface area contributed by atoms with E-state index in [2.05, 4.69) is 0 Å². The Bertz CT molecular complexity index is 539. The molecule has 0 bridgehead atoms. The second-order valence-electron chi connectivity index (χ2n) is 4.02. The molecule has 0 heterocycles. The van der Waals surface area contributed by atoms with Crippen LogP contribution in [-0.2, 0) is 0 Å². The Labute approximate surface area is 112 Å². The van der Waals surface area contributed by atoms with Gasteiger partial charge in [-0.2, -0.15) is 0 Å². The Kier molecular flexibility index (Phi) is 4.18. The third-order valence-corrected chi connectivity index (χ3v) is 2.73. The van der Waals surface area contributed by atoms with Crippen molar-refractivity contribution in [2.24, 2.45) is 0 Å². The molecule has 3 nitrogen and oxygen atoms in total. The molecule has 3 heteroatoms. The molecule has 1 radical (unpaired) electrons. The van der Waals surface area contributed by atoms with Crippen molar-refractivity contribution < 1.29 is 14.3 Å². The number of Topliss-reactive ketones (excluding diaryl/α,β-unsaturated/α-hetero) is 1. The number of hydrogen-bond donors (Lipinski definition) is 0. The fraction of sp³-hybridized carbons (Fsp3) is 0.125. The van der Waals surface area contributed by atoms with Crippen LogP contribution in [0.3, 0.4) is 0 Å². The fourth-order valence-electron chi connectivity index (χ4n) is 1.75. The molecule has 2 aromatic carbocycles. The van der Waals surface area contributed by atoms with Crippen LogP contribution in [0.5, 0.6) is 11.5 Å². The Morgan fingerprint density at radius 2 is 1.53 bits per heavy atom. The predicted molar refractivity (Wildman–Crippen MR) is 73.7 cm³/mol. The van der Waals surface area contributed by atoms with Gasteiger partial charge in [-0.1, -0.05) is 30.3 Å². The minimum Gasteiger partial charge on any atom is -0.497 e. The van der Waals surface area contributed by atoms with E-state index in [4.69, 9.17) is 9.47 Å². The van der Waals surface area contributed by atoms with Crippen LogP contribution in [0.2, 0.25) is 0 Å². The van der Waals surface area contributed by atoms with Gasteiger partial charge in [0, 0.05) is 11.6 Å². The molecule has 0 N–H and O–H groups in total. The number of carbonyl (C=O) groups is 1. The summed E-state index contributed by atoms with van der Waals surface area (Å²) in [7, 11) is 3.16. The van der Waals surface area contributed by atoms with Gasteiger partial charge in [0.2, 0.25) is 0 Å². The highest BCUT2D eigenvalue weighted by Gasteiger charge is 2.09. The normalized spacial score (nSPS) is 10.0. The van der Waals surface area contributed by atoms with Gasteiger partial charge in [-0.3, -0.25) is 4.79 Å². The summed E-state index contributed by atoms with van der Waals surface area (Å²) in [5, 5.41) is 0. The van der Waals surface area contributed by atoms with Crippen LogP contribution in [0.15, 0.2) is 48.5 Å². The summed E-state index contributed by atoms with van der Waals surface area (Å²) in [6.45, 7) is 0. The van der Waals surface area contributed by atoms with Crippen LogP contribution in [0.1, 0.15) is 15.9 Å². The van der Waals surface area contributed by atoms with E-state index in [9.17, 15) is 4.79 Å². The summed E-state index contributed by atoms with van der Waals surface area (Å²) in [5.74, 6) is 1.27. The Morgan fingerprint density at radius 1 is 0.947 bits per heavy atom. The molecule has 0 amide bonds. The van der Waals surface area contributed by atoms with Crippen molar-refractivity contribution in [3.8, 4) is 11.5 Å². The number of methoxy groups -OCH3 is 2. The third-order valence-electron chi connectivity index (χ3n) is 2.73. The van der Waals surface area contributed by atoms with Gasteiger partial charge in [-0.25, -0.2) is 0 Å². The fourth-order valence-corrected chi connectivity index (χ4v) is 1.75. The van der Waals surface area contributed by atoms with Crippen molar-refractivity contribution in [2.45, 2.75) is 0 Å². The highest BCUT2D eigenvalue weighted by molar-refractivity contribution is 6.04. The first-order valence-corrected chi connectivity index (χ1v) is 5.90. The second-order valence-corrected chi connectivity index (χ2v) is 4.02. The van der Waals surface area contributed by atoms with Crippen molar-refractivity contribution in [2.75, 3.05) is 14.2 Å². The first kappa shape index (κ1) is 13.1. The quantitative estimate of drug-likeness (QED) is 0.770. The average Bonchev–Trinajstić information content (AvgIpc) is 2.47. The molecule has 0 aliphatic heterocycles. The minimum absolute atomic E-state index is 0.0455. The molecule has 0 aliphatic carbocycles. The lowest BCUT2D eigenvalue weighted by Crippen LogP contribution is -2.01. The maximum absolute atomic E-state index is 12.1.